The van der Waals surface area contributed by atoms with E-state index < -0.39 is 0 Å². The lowest BCUT2D eigenvalue weighted by molar-refractivity contribution is 0.340. The summed E-state index contributed by atoms with van der Waals surface area (Å²) in [5.41, 5.74) is 2.18. The molecule has 1 aliphatic heterocycles. The van der Waals surface area contributed by atoms with Crippen molar-refractivity contribution < 1.29 is 4.74 Å². The minimum atomic E-state index is 0.670. The van der Waals surface area contributed by atoms with Crippen LogP contribution in [0.3, 0.4) is 0 Å². The molecule has 0 bridgehead atoms. The van der Waals surface area contributed by atoms with E-state index in [4.69, 9.17) is 28.6 Å². The number of nitrogens with zero attached hydrogens (tertiary/aromatic N) is 2. The van der Waals surface area contributed by atoms with Gasteiger partial charge in [0.25, 0.3) is 0 Å². The lowest BCUT2D eigenvalue weighted by atomic mass is 10.2. The zero-order valence-corrected chi connectivity index (χ0v) is 15.8. The quantitative estimate of drug-likeness (QED) is 0.806. The van der Waals surface area contributed by atoms with E-state index in [-0.39, 0.29) is 0 Å². The second-order valence-electron chi connectivity index (χ2n) is 5.84. The summed E-state index contributed by atoms with van der Waals surface area (Å²) in [6, 6.07) is 15.9. The fourth-order valence-electron chi connectivity index (χ4n) is 2.82. The number of thiocarbonyl (C=S) groups is 1. The second kappa shape index (κ2) is 8.41. The van der Waals surface area contributed by atoms with Crippen LogP contribution in [0.2, 0.25) is 5.02 Å². The molecule has 25 heavy (non-hydrogen) atoms. The Morgan fingerprint density at radius 1 is 1.04 bits per heavy atom. The van der Waals surface area contributed by atoms with Crippen LogP contribution in [-0.4, -0.2) is 42.8 Å². The van der Waals surface area contributed by atoms with Crippen LogP contribution in [0.5, 0.6) is 5.75 Å². The normalized spacial score (nSPS) is 14.3. The lowest BCUT2D eigenvalue weighted by Gasteiger charge is -2.37. The first kappa shape index (κ1) is 17.8. The van der Waals surface area contributed by atoms with Gasteiger partial charge < -0.3 is 19.9 Å². The highest BCUT2D eigenvalue weighted by Crippen LogP contribution is 2.20. The number of hydrogen-bond acceptors (Lipinski definition) is 3. The molecule has 0 atom stereocenters. The summed E-state index contributed by atoms with van der Waals surface area (Å²) in [6.45, 7) is 6.31. The zero-order chi connectivity index (χ0) is 17.6. The minimum absolute atomic E-state index is 0.670. The van der Waals surface area contributed by atoms with E-state index in [9.17, 15) is 0 Å². The van der Waals surface area contributed by atoms with Gasteiger partial charge in [-0.05, 0) is 67.7 Å². The highest BCUT2D eigenvalue weighted by Gasteiger charge is 2.19. The molecule has 1 heterocycles. The molecular formula is C19H22ClN3OS. The molecule has 2 aromatic rings. The molecule has 3 rings (SSSR count). The predicted octanol–water partition coefficient (Wildman–Crippen LogP) is 4.26. The van der Waals surface area contributed by atoms with Crippen molar-refractivity contribution in [2.24, 2.45) is 0 Å². The second-order valence-corrected chi connectivity index (χ2v) is 6.66. The molecule has 0 spiro atoms. The summed E-state index contributed by atoms with van der Waals surface area (Å²) in [7, 11) is 0. The molecule has 0 amide bonds. The summed E-state index contributed by atoms with van der Waals surface area (Å²) < 4.78 is 5.46. The molecule has 0 saturated carbocycles. The summed E-state index contributed by atoms with van der Waals surface area (Å²) in [4.78, 5) is 4.56. The first-order valence-corrected chi connectivity index (χ1v) is 9.23. The number of halogens is 1. The van der Waals surface area contributed by atoms with Gasteiger partial charge in [0.05, 0.1) is 6.61 Å². The number of benzene rings is 2. The molecule has 1 aliphatic rings. The standard InChI is InChI=1S/C19H22ClN3OS/c1-2-24-18-9-5-16(6-10-18)21-19(25)23-13-11-22(12-14-23)17-7-3-15(20)4-8-17/h3-10H,2,11-14H2,1H3,(H,21,25). The molecular weight excluding hydrogens is 354 g/mol. The van der Waals surface area contributed by atoms with Crippen LogP contribution in [-0.2, 0) is 0 Å². The van der Waals surface area contributed by atoms with Gasteiger partial charge in [0.2, 0.25) is 0 Å². The number of hydrogen-bond donors (Lipinski definition) is 1. The predicted molar refractivity (Wildman–Crippen MR) is 109 cm³/mol. The highest BCUT2D eigenvalue weighted by molar-refractivity contribution is 7.80. The van der Waals surface area contributed by atoms with E-state index in [0.29, 0.717) is 6.61 Å². The van der Waals surface area contributed by atoms with Gasteiger partial charge in [0.1, 0.15) is 5.75 Å². The van der Waals surface area contributed by atoms with Gasteiger partial charge in [0.15, 0.2) is 5.11 Å². The van der Waals surface area contributed by atoms with Crippen molar-refractivity contribution in [3.05, 3.63) is 53.6 Å². The van der Waals surface area contributed by atoms with Crippen LogP contribution in [0.25, 0.3) is 0 Å². The van der Waals surface area contributed by atoms with Gasteiger partial charge in [0, 0.05) is 42.6 Å². The maximum Gasteiger partial charge on any atom is 0.173 e. The van der Waals surface area contributed by atoms with E-state index in [1.807, 2.05) is 43.3 Å². The molecule has 6 heteroatoms. The van der Waals surface area contributed by atoms with E-state index >= 15 is 0 Å². The topological polar surface area (TPSA) is 27.7 Å². The first-order chi connectivity index (χ1) is 12.2. The molecule has 0 radical (unpaired) electrons. The third kappa shape index (κ3) is 4.77. The number of nitrogens with one attached hydrogen (secondary N) is 1. The SMILES string of the molecule is CCOc1ccc(NC(=S)N2CCN(c3ccc(Cl)cc3)CC2)cc1. The third-order valence-electron chi connectivity index (χ3n) is 4.18. The van der Waals surface area contributed by atoms with Crippen LogP contribution in [0, 0.1) is 0 Å². The fourth-order valence-corrected chi connectivity index (χ4v) is 3.25. The number of rotatable bonds is 4. The van der Waals surface area contributed by atoms with Crippen LogP contribution < -0.4 is 15.0 Å². The molecule has 4 nitrogen and oxygen atoms in total. The molecule has 1 saturated heterocycles. The van der Waals surface area contributed by atoms with E-state index in [2.05, 4.69) is 27.2 Å². The number of anilines is 2. The Morgan fingerprint density at radius 3 is 2.28 bits per heavy atom. The van der Waals surface area contributed by atoms with Crippen molar-refractivity contribution in [2.75, 3.05) is 43.0 Å². The minimum Gasteiger partial charge on any atom is -0.494 e. The summed E-state index contributed by atoms with van der Waals surface area (Å²) in [5, 5.41) is 4.84. The summed E-state index contributed by atoms with van der Waals surface area (Å²) >= 11 is 11.5. The fraction of sp³-hybridized carbons (Fsp3) is 0.316. The molecule has 2 aromatic carbocycles. The van der Waals surface area contributed by atoms with Gasteiger partial charge in [-0.3, -0.25) is 0 Å². The Morgan fingerprint density at radius 2 is 1.68 bits per heavy atom. The van der Waals surface area contributed by atoms with Crippen LogP contribution in [0.1, 0.15) is 6.92 Å². The Kier molecular flexibility index (Phi) is 6.00. The van der Waals surface area contributed by atoms with Gasteiger partial charge in [-0.15, -0.1) is 0 Å². The summed E-state index contributed by atoms with van der Waals surface area (Å²) in [6.07, 6.45) is 0. The Bertz CT molecular complexity index is 698. The van der Waals surface area contributed by atoms with Crippen LogP contribution >= 0.6 is 23.8 Å². The molecule has 1 N–H and O–H groups in total. The Balaban J connectivity index is 1.51. The van der Waals surface area contributed by atoms with Crippen molar-refractivity contribution in [1.29, 1.82) is 0 Å². The largest absolute Gasteiger partial charge is 0.494 e. The molecule has 1 fully saturated rings. The smallest absolute Gasteiger partial charge is 0.173 e. The van der Waals surface area contributed by atoms with Gasteiger partial charge in [-0.1, -0.05) is 11.6 Å². The lowest BCUT2D eigenvalue weighted by Crippen LogP contribution is -2.50. The number of ether oxygens (including phenoxy) is 1. The van der Waals surface area contributed by atoms with Crippen molar-refractivity contribution >= 4 is 40.3 Å². The third-order valence-corrected chi connectivity index (χ3v) is 4.79. The summed E-state index contributed by atoms with van der Waals surface area (Å²) in [5.74, 6) is 0.871. The monoisotopic (exact) mass is 375 g/mol. The van der Waals surface area contributed by atoms with E-state index in [0.717, 1.165) is 47.8 Å². The first-order valence-electron chi connectivity index (χ1n) is 8.45. The van der Waals surface area contributed by atoms with Crippen molar-refractivity contribution in [3.63, 3.8) is 0 Å². The van der Waals surface area contributed by atoms with E-state index in [1.54, 1.807) is 0 Å². The van der Waals surface area contributed by atoms with Crippen molar-refractivity contribution in [3.8, 4) is 5.75 Å². The highest BCUT2D eigenvalue weighted by atomic mass is 35.5. The zero-order valence-electron chi connectivity index (χ0n) is 14.2. The van der Waals surface area contributed by atoms with Gasteiger partial charge in [-0.2, -0.15) is 0 Å². The maximum atomic E-state index is 5.96. The molecule has 0 unspecified atom stereocenters. The van der Waals surface area contributed by atoms with Gasteiger partial charge in [-0.25, -0.2) is 0 Å². The Labute approximate surface area is 159 Å². The van der Waals surface area contributed by atoms with E-state index in [1.165, 1.54) is 5.69 Å². The Hall–Kier alpha value is -1.98. The average Bonchev–Trinajstić information content (AvgIpc) is 2.64. The molecule has 0 aromatic heterocycles. The van der Waals surface area contributed by atoms with Crippen LogP contribution in [0.15, 0.2) is 48.5 Å². The number of piperazine rings is 1. The van der Waals surface area contributed by atoms with Crippen molar-refractivity contribution in [2.45, 2.75) is 6.92 Å². The van der Waals surface area contributed by atoms with Crippen LogP contribution in [0.4, 0.5) is 11.4 Å². The maximum absolute atomic E-state index is 5.96. The molecule has 0 aliphatic carbocycles. The van der Waals surface area contributed by atoms with Crippen molar-refractivity contribution in [1.82, 2.24) is 4.90 Å². The average molecular weight is 376 g/mol. The molecule has 132 valence electrons. The van der Waals surface area contributed by atoms with Gasteiger partial charge >= 0.3 is 0 Å².